The summed E-state index contributed by atoms with van der Waals surface area (Å²) in [5.74, 6) is -1.67. The van der Waals surface area contributed by atoms with E-state index in [4.69, 9.17) is 9.47 Å². The molecule has 0 saturated heterocycles. The molecule has 1 heterocycles. The second-order valence-corrected chi connectivity index (χ2v) is 9.94. The van der Waals surface area contributed by atoms with E-state index in [0.29, 0.717) is 15.8 Å². The van der Waals surface area contributed by atoms with Gasteiger partial charge in [0, 0.05) is 33.9 Å². The van der Waals surface area contributed by atoms with Crippen LogP contribution in [0.1, 0.15) is 67.2 Å². The van der Waals surface area contributed by atoms with Gasteiger partial charge in [-0.15, -0.1) is 0 Å². The van der Waals surface area contributed by atoms with Crippen LogP contribution in [0.5, 0.6) is 11.6 Å². The number of pyridine rings is 1. The van der Waals surface area contributed by atoms with Crippen molar-refractivity contribution in [2.75, 3.05) is 12.0 Å². The first kappa shape index (κ1) is 26.1. The van der Waals surface area contributed by atoms with Gasteiger partial charge in [-0.25, -0.2) is 14.2 Å². The number of carbonyl (C=O) groups is 3. The fourth-order valence-corrected chi connectivity index (χ4v) is 4.69. The molecule has 0 unspecified atom stereocenters. The van der Waals surface area contributed by atoms with Gasteiger partial charge in [-0.3, -0.25) is 9.59 Å². The monoisotopic (exact) mass is 582 g/mol. The third kappa shape index (κ3) is 5.56. The molecule has 1 aliphatic carbocycles. The smallest absolute Gasteiger partial charge is 0.340 e. The zero-order valence-corrected chi connectivity index (χ0v) is 21.8. The maximum atomic E-state index is 15.3. The molecule has 0 atom stereocenters. The predicted molar refractivity (Wildman–Crippen MR) is 134 cm³/mol. The highest BCUT2D eigenvalue weighted by Gasteiger charge is 2.33. The van der Waals surface area contributed by atoms with E-state index in [0.717, 1.165) is 31.7 Å². The van der Waals surface area contributed by atoms with Crippen molar-refractivity contribution < 1.29 is 28.2 Å². The zero-order valence-electron chi connectivity index (χ0n) is 19.6. The number of methoxy groups -OCH3 is 1. The third-order valence-corrected chi connectivity index (χ3v) is 7.00. The second kappa shape index (κ2) is 11.2. The lowest BCUT2D eigenvalue weighted by Gasteiger charge is -2.34. The van der Waals surface area contributed by atoms with Gasteiger partial charge < -0.3 is 14.4 Å². The Bertz CT molecular complexity index is 1080. The number of aromatic nitrogens is 1. The van der Waals surface area contributed by atoms with Crippen LogP contribution < -0.4 is 9.64 Å². The predicted octanol–water partition coefficient (Wildman–Crippen LogP) is 5.78. The molecule has 1 aromatic heterocycles. The van der Waals surface area contributed by atoms with E-state index in [1.807, 2.05) is 36.4 Å². The first-order chi connectivity index (χ1) is 16.2. The third-order valence-electron chi connectivity index (χ3n) is 6.06. The first-order valence-electron chi connectivity index (χ1n) is 11.2. The molecular formula is C25H28FIN2O5. The van der Waals surface area contributed by atoms with Crippen LogP contribution >= 0.6 is 22.6 Å². The fourth-order valence-electron chi connectivity index (χ4n) is 4.17. The molecule has 3 rings (SSSR count). The number of nitrogens with zero attached hydrogens (tertiary/aromatic N) is 2. The molecule has 0 spiro atoms. The molecule has 2 aromatic rings. The Hall–Kier alpha value is -2.56. The molecular weight excluding hydrogens is 554 g/mol. The number of benzene rings is 1. The zero-order chi connectivity index (χ0) is 25.0. The van der Waals surface area contributed by atoms with Crippen molar-refractivity contribution in [2.24, 2.45) is 11.8 Å². The van der Waals surface area contributed by atoms with Crippen LogP contribution in [0.3, 0.4) is 0 Å². The van der Waals surface area contributed by atoms with E-state index in [9.17, 15) is 14.4 Å². The minimum absolute atomic E-state index is 0.0107. The number of anilines is 1. The Balaban J connectivity index is 2.05. The second-order valence-electron chi connectivity index (χ2n) is 8.78. The van der Waals surface area contributed by atoms with E-state index in [2.05, 4.69) is 11.9 Å². The van der Waals surface area contributed by atoms with Crippen molar-refractivity contribution >= 4 is 46.4 Å². The Morgan fingerprint density at radius 1 is 1.24 bits per heavy atom. The van der Waals surface area contributed by atoms with Gasteiger partial charge in [-0.05, 0) is 74.1 Å². The molecule has 0 bridgehead atoms. The van der Waals surface area contributed by atoms with Gasteiger partial charge in [0.25, 0.3) is 0 Å². The SMILES string of the molecule is COC(=O)c1cc(Oc2nccc(I)c2C=O)c(F)cc1N(C(=O)C1CCC(C)CC1)C(C)C. The summed E-state index contributed by atoms with van der Waals surface area (Å²) in [6, 6.07) is 3.60. The maximum absolute atomic E-state index is 15.3. The highest BCUT2D eigenvalue weighted by atomic mass is 127. The Kier molecular flexibility index (Phi) is 8.62. The van der Waals surface area contributed by atoms with Crippen LogP contribution in [0.2, 0.25) is 0 Å². The molecule has 1 amide bonds. The van der Waals surface area contributed by atoms with Crippen LogP contribution in [0, 0.1) is 21.2 Å². The number of rotatable bonds is 7. The molecule has 1 aromatic carbocycles. The molecule has 182 valence electrons. The number of amides is 1. The lowest BCUT2D eigenvalue weighted by Crippen LogP contribution is -2.43. The number of hydrogen-bond donors (Lipinski definition) is 0. The standard InChI is InChI=1S/C25H28FIN2O5/c1-14(2)29(24(31)16-7-5-15(3)6-8-16)21-12-19(26)22(11-17(21)25(32)33-4)34-23-18(13-30)20(27)9-10-28-23/h9-16H,5-8H2,1-4H3. The molecule has 1 saturated carbocycles. The average molecular weight is 582 g/mol. The molecule has 7 nitrogen and oxygen atoms in total. The number of ether oxygens (including phenoxy) is 2. The highest BCUT2D eigenvalue weighted by molar-refractivity contribution is 14.1. The Morgan fingerprint density at radius 2 is 1.91 bits per heavy atom. The van der Waals surface area contributed by atoms with Gasteiger partial charge in [0.1, 0.15) is 0 Å². The van der Waals surface area contributed by atoms with Gasteiger partial charge in [0.2, 0.25) is 11.8 Å². The van der Waals surface area contributed by atoms with E-state index in [-0.39, 0.29) is 46.3 Å². The van der Waals surface area contributed by atoms with Gasteiger partial charge in [-0.1, -0.05) is 6.92 Å². The lowest BCUT2D eigenvalue weighted by molar-refractivity contribution is -0.123. The first-order valence-corrected chi connectivity index (χ1v) is 12.3. The van der Waals surface area contributed by atoms with Gasteiger partial charge in [0.05, 0.1) is 23.9 Å². The largest absolute Gasteiger partial charge is 0.465 e. The van der Waals surface area contributed by atoms with E-state index in [1.54, 1.807) is 6.07 Å². The van der Waals surface area contributed by atoms with Crippen LogP contribution in [0.4, 0.5) is 10.1 Å². The summed E-state index contributed by atoms with van der Waals surface area (Å²) >= 11 is 1.95. The summed E-state index contributed by atoms with van der Waals surface area (Å²) in [6.07, 6.45) is 5.43. The summed E-state index contributed by atoms with van der Waals surface area (Å²) in [5.41, 5.74) is 0.279. The Morgan fingerprint density at radius 3 is 2.50 bits per heavy atom. The van der Waals surface area contributed by atoms with Crippen LogP contribution in [0.25, 0.3) is 0 Å². The topological polar surface area (TPSA) is 85.8 Å². The number of halogens is 2. The molecule has 34 heavy (non-hydrogen) atoms. The summed E-state index contributed by atoms with van der Waals surface area (Å²) < 4.78 is 26.4. The summed E-state index contributed by atoms with van der Waals surface area (Å²) in [4.78, 5) is 43.1. The molecule has 0 N–H and O–H groups in total. The molecule has 0 aliphatic heterocycles. The highest BCUT2D eigenvalue weighted by Crippen LogP contribution is 2.37. The summed E-state index contributed by atoms with van der Waals surface area (Å²) in [5, 5.41) is 0. The van der Waals surface area contributed by atoms with E-state index < -0.39 is 11.8 Å². The van der Waals surface area contributed by atoms with Crippen molar-refractivity contribution in [3.05, 3.63) is 44.9 Å². The molecule has 1 aliphatic rings. The van der Waals surface area contributed by atoms with E-state index >= 15 is 4.39 Å². The minimum Gasteiger partial charge on any atom is -0.465 e. The lowest BCUT2D eigenvalue weighted by atomic mass is 9.82. The van der Waals surface area contributed by atoms with Crippen molar-refractivity contribution in [3.8, 4) is 11.6 Å². The van der Waals surface area contributed by atoms with Crippen molar-refractivity contribution in [1.29, 1.82) is 0 Å². The minimum atomic E-state index is -0.795. The van der Waals surface area contributed by atoms with Gasteiger partial charge >= 0.3 is 5.97 Å². The Labute approximate surface area is 212 Å². The number of esters is 1. The van der Waals surface area contributed by atoms with Crippen molar-refractivity contribution in [3.63, 3.8) is 0 Å². The number of hydrogen-bond acceptors (Lipinski definition) is 6. The fraction of sp³-hybridized carbons (Fsp3) is 0.440. The van der Waals surface area contributed by atoms with Crippen LogP contribution in [-0.2, 0) is 9.53 Å². The van der Waals surface area contributed by atoms with E-state index in [1.165, 1.54) is 24.3 Å². The molecule has 9 heteroatoms. The number of aldehydes is 1. The van der Waals surface area contributed by atoms with Gasteiger partial charge in [0.15, 0.2) is 17.9 Å². The summed E-state index contributed by atoms with van der Waals surface area (Å²) in [7, 11) is 1.21. The molecule has 0 radical (unpaired) electrons. The maximum Gasteiger partial charge on any atom is 0.340 e. The number of carbonyl (C=O) groups excluding carboxylic acids is 3. The van der Waals surface area contributed by atoms with Crippen molar-refractivity contribution in [2.45, 2.75) is 52.5 Å². The average Bonchev–Trinajstić information content (AvgIpc) is 2.80. The van der Waals surface area contributed by atoms with Crippen molar-refractivity contribution in [1.82, 2.24) is 4.98 Å². The molecule has 1 fully saturated rings. The van der Waals surface area contributed by atoms with Crippen LogP contribution in [0.15, 0.2) is 24.4 Å². The normalized spacial score (nSPS) is 17.9. The van der Waals surface area contributed by atoms with Crippen LogP contribution in [-0.4, -0.2) is 36.3 Å². The summed E-state index contributed by atoms with van der Waals surface area (Å²) in [6.45, 7) is 5.81. The van der Waals surface area contributed by atoms with Gasteiger partial charge in [-0.2, -0.15) is 0 Å². The quantitative estimate of drug-likeness (QED) is 0.234.